The van der Waals surface area contributed by atoms with Gasteiger partial charge in [0, 0.05) is 0 Å². The molecule has 0 spiro atoms. The molecule has 0 saturated heterocycles. The molecule has 0 aliphatic heterocycles. The lowest BCUT2D eigenvalue weighted by Gasteiger charge is -2.09. The Kier molecular flexibility index (Phi) is 3.87. The maximum atomic E-state index is 12.0. The van der Waals surface area contributed by atoms with Gasteiger partial charge in [0.1, 0.15) is 24.0 Å². The first kappa shape index (κ1) is 14.5. The molecule has 2 aromatic rings. The van der Waals surface area contributed by atoms with Gasteiger partial charge in [-0.15, -0.1) is 13.2 Å². The van der Waals surface area contributed by atoms with E-state index in [0.29, 0.717) is 0 Å². The van der Waals surface area contributed by atoms with Crippen molar-refractivity contribution in [3.8, 4) is 17.4 Å². The van der Waals surface area contributed by atoms with E-state index in [9.17, 15) is 23.3 Å². The van der Waals surface area contributed by atoms with Gasteiger partial charge < -0.3 is 9.47 Å². The molecule has 0 atom stereocenters. The van der Waals surface area contributed by atoms with E-state index in [-0.39, 0.29) is 11.6 Å². The zero-order chi connectivity index (χ0) is 15.5. The lowest BCUT2D eigenvalue weighted by molar-refractivity contribution is -0.386. The van der Waals surface area contributed by atoms with Crippen LogP contribution in [0.15, 0.2) is 36.8 Å². The van der Waals surface area contributed by atoms with Crippen LogP contribution in [0.3, 0.4) is 0 Å². The fraction of sp³-hybridized carbons (Fsp3) is 0.0909. The summed E-state index contributed by atoms with van der Waals surface area (Å²) < 4.78 is 44.8. The Hall–Kier alpha value is -2.91. The van der Waals surface area contributed by atoms with Crippen molar-refractivity contribution < 1.29 is 27.6 Å². The van der Waals surface area contributed by atoms with Crippen LogP contribution in [0.1, 0.15) is 0 Å². The Balaban J connectivity index is 2.16. The molecule has 110 valence electrons. The second-order valence-corrected chi connectivity index (χ2v) is 3.59. The molecule has 0 saturated carbocycles. The van der Waals surface area contributed by atoms with Crippen molar-refractivity contribution >= 4 is 5.69 Å². The lowest BCUT2D eigenvalue weighted by atomic mass is 10.3. The molecule has 0 aliphatic rings. The van der Waals surface area contributed by atoms with Crippen LogP contribution in [0.4, 0.5) is 18.9 Å². The van der Waals surface area contributed by atoms with Gasteiger partial charge in [0.15, 0.2) is 0 Å². The summed E-state index contributed by atoms with van der Waals surface area (Å²) in [5, 5.41) is 10.7. The number of ether oxygens (including phenoxy) is 2. The summed E-state index contributed by atoms with van der Waals surface area (Å²) in [5.74, 6) is -0.696. The quantitative estimate of drug-likeness (QED) is 0.637. The highest BCUT2D eigenvalue weighted by atomic mass is 19.4. The maximum Gasteiger partial charge on any atom is 0.573 e. The van der Waals surface area contributed by atoms with E-state index in [4.69, 9.17) is 4.74 Å². The summed E-state index contributed by atoms with van der Waals surface area (Å²) in [6.45, 7) is 0. The van der Waals surface area contributed by atoms with E-state index in [1.165, 1.54) is 0 Å². The third-order valence-corrected chi connectivity index (χ3v) is 2.13. The number of alkyl halides is 3. The molecule has 0 aliphatic carbocycles. The van der Waals surface area contributed by atoms with E-state index >= 15 is 0 Å². The number of rotatable bonds is 4. The molecule has 0 fully saturated rings. The average molecular weight is 301 g/mol. The fourth-order valence-electron chi connectivity index (χ4n) is 1.34. The van der Waals surface area contributed by atoms with Crippen molar-refractivity contribution in [2.45, 2.75) is 6.36 Å². The molecule has 10 heteroatoms. The maximum absolute atomic E-state index is 12.0. The first-order chi connectivity index (χ1) is 9.85. The van der Waals surface area contributed by atoms with Crippen molar-refractivity contribution in [3.05, 3.63) is 46.9 Å². The second-order valence-electron chi connectivity index (χ2n) is 3.59. The number of hydrogen-bond acceptors (Lipinski definition) is 6. The van der Waals surface area contributed by atoms with Gasteiger partial charge in [0.25, 0.3) is 0 Å². The number of hydrogen-bond donors (Lipinski definition) is 0. The third-order valence-electron chi connectivity index (χ3n) is 2.13. The minimum atomic E-state index is -4.80. The molecular formula is C11H6F3N3O4. The molecule has 0 N–H and O–H groups in total. The van der Waals surface area contributed by atoms with Crippen LogP contribution >= 0.6 is 0 Å². The normalized spacial score (nSPS) is 11.0. The summed E-state index contributed by atoms with van der Waals surface area (Å²) in [4.78, 5) is 17.1. The molecule has 2 rings (SSSR count). The van der Waals surface area contributed by atoms with E-state index in [0.717, 1.165) is 36.8 Å². The number of nitro groups is 1. The van der Waals surface area contributed by atoms with Crippen molar-refractivity contribution in [1.82, 2.24) is 9.97 Å². The van der Waals surface area contributed by atoms with E-state index in [2.05, 4.69) is 14.7 Å². The van der Waals surface area contributed by atoms with Gasteiger partial charge in [0.2, 0.25) is 0 Å². The van der Waals surface area contributed by atoms with Crippen molar-refractivity contribution in [3.63, 3.8) is 0 Å². The second kappa shape index (κ2) is 5.61. The molecule has 1 aromatic heterocycles. The Morgan fingerprint density at radius 3 is 2.33 bits per heavy atom. The van der Waals surface area contributed by atoms with E-state index in [1.807, 2.05) is 0 Å². The third kappa shape index (κ3) is 4.03. The summed E-state index contributed by atoms with van der Waals surface area (Å²) in [7, 11) is 0. The van der Waals surface area contributed by atoms with Gasteiger partial charge in [-0.2, -0.15) is 4.98 Å². The first-order valence-corrected chi connectivity index (χ1v) is 5.33. The lowest BCUT2D eigenvalue weighted by Crippen LogP contribution is -2.16. The standard InChI is InChI=1S/C11H6F3N3O4/c12-11(13,14)21-8-3-1-7(2-4-8)20-10-9(17(18)19)5-15-6-16-10/h1-6H. The summed E-state index contributed by atoms with van der Waals surface area (Å²) in [6.07, 6.45) is -2.80. The topological polar surface area (TPSA) is 87.4 Å². The van der Waals surface area contributed by atoms with Gasteiger partial charge >= 0.3 is 17.9 Å². The molecule has 0 bridgehead atoms. The van der Waals surface area contributed by atoms with Gasteiger partial charge in [-0.05, 0) is 24.3 Å². The van der Waals surface area contributed by atoms with Crippen LogP contribution in [0.5, 0.6) is 17.4 Å². The fourth-order valence-corrected chi connectivity index (χ4v) is 1.34. The van der Waals surface area contributed by atoms with Crippen LogP contribution in [-0.2, 0) is 0 Å². The smallest absolute Gasteiger partial charge is 0.434 e. The van der Waals surface area contributed by atoms with Crippen LogP contribution in [-0.4, -0.2) is 21.3 Å². The van der Waals surface area contributed by atoms with E-state index in [1.54, 1.807) is 0 Å². The largest absolute Gasteiger partial charge is 0.573 e. The Morgan fingerprint density at radius 1 is 1.14 bits per heavy atom. The molecule has 7 nitrogen and oxygen atoms in total. The van der Waals surface area contributed by atoms with Gasteiger partial charge in [-0.1, -0.05) is 0 Å². The van der Waals surface area contributed by atoms with Crippen molar-refractivity contribution in [1.29, 1.82) is 0 Å². The number of nitrogens with zero attached hydrogens (tertiary/aromatic N) is 3. The van der Waals surface area contributed by atoms with Crippen molar-refractivity contribution in [2.75, 3.05) is 0 Å². The summed E-state index contributed by atoms with van der Waals surface area (Å²) >= 11 is 0. The molecule has 1 heterocycles. The first-order valence-electron chi connectivity index (χ1n) is 5.33. The van der Waals surface area contributed by atoms with Gasteiger partial charge in [0.05, 0.1) is 4.92 Å². The molecule has 0 amide bonds. The molecule has 0 radical (unpaired) electrons. The van der Waals surface area contributed by atoms with Gasteiger partial charge in [-0.3, -0.25) is 10.1 Å². The predicted molar refractivity (Wildman–Crippen MR) is 61.9 cm³/mol. The summed E-state index contributed by atoms with van der Waals surface area (Å²) in [6, 6.07) is 4.34. The van der Waals surface area contributed by atoms with Gasteiger partial charge in [-0.25, -0.2) is 4.98 Å². The minimum Gasteiger partial charge on any atom is -0.434 e. The van der Waals surface area contributed by atoms with Crippen molar-refractivity contribution in [2.24, 2.45) is 0 Å². The highest BCUT2D eigenvalue weighted by Gasteiger charge is 2.31. The Labute approximate surface area is 115 Å². The van der Waals surface area contributed by atoms with E-state index < -0.39 is 22.7 Å². The SMILES string of the molecule is O=[N+]([O-])c1cncnc1Oc1ccc(OC(F)(F)F)cc1. The Bertz CT molecular complexity index is 646. The number of benzene rings is 1. The zero-order valence-electron chi connectivity index (χ0n) is 10.1. The van der Waals surface area contributed by atoms with Crippen LogP contribution < -0.4 is 9.47 Å². The van der Waals surface area contributed by atoms with Crippen LogP contribution in [0.2, 0.25) is 0 Å². The monoisotopic (exact) mass is 301 g/mol. The predicted octanol–water partition coefficient (Wildman–Crippen LogP) is 3.08. The zero-order valence-corrected chi connectivity index (χ0v) is 10.1. The van der Waals surface area contributed by atoms with Crippen LogP contribution in [0.25, 0.3) is 0 Å². The highest BCUT2D eigenvalue weighted by Crippen LogP contribution is 2.30. The number of aromatic nitrogens is 2. The number of halogens is 3. The minimum absolute atomic E-state index is 0.0614. The summed E-state index contributed by atoms with van der Waals surface area (Å²) in [5.41, 5.74) is -0.465. The average Bonchev–Trinajstić information content (AvgIpc) is 2.40. The Morgan fingerprint density at radius 2 is 1.76 bits per heavy atom. The highest BCUT2D eigenvalue weighted by molar-refractivity contribution is 5.41. The van der Waals surface area contributed by atoms with Crippen LogP contribution in [0, 0.1) is 10.1 Å². The molecular weight excluding hydrogens is 295 g/mol. The molecule has 1 aromatic carbocycles. The molecule has 0 unspecified atom stereocenters. The molecule has 21 heavy (non-hydrogen) atoms.